The Morgan fingerprint density at radius 3 is 2.52 bits per heavy atom. The molecule has 2 rings (SSSR count). The predicted molar refractivity (Wildman–Crippen MR) is 86.4 cm³/mol. The quantitative estimate of drug-likeness (QED) is 0.494. The van der Waals surface area contributed by atoms with E-state index in [1.807, 2.05) is 4.90 Å². The van der Waals surface area contributed by atoms with Gasteiger partial charge in [-0.25, -0.2) is 8.42 Å². The zero-order valence-corrected chi connectivity index (χ0v) is 14.2. The van der Waals surface area contributed by atoms with Crippen LogP contribution in [0.3, 0.4) is 0 Å². The Morgan fingerprint density at radius 1 is 1.30 bits per heavy atom. The second kappa shape index (κ2) is 8.77. The molecule has 0 aliphatic carbocycles. The molecule has 0 amide bonds. The van der Waals surface area contributed by atoms with Crippen LogP contribution in [0.4, 0.5) is 0 Å². The summed E-state index contributed by atoms with van der Waals surface area (Å²) in [6.45, 7) is 7.69. The predicted octanol–water partition coefficient (Wildman–Crippen LogP) is 0.134. The molecule has 2 aliphatic heterocycles. The maximum absolute atomic E-state index is 13.0. The Bertz CT molecular complexity index is 484. The lowest BCUT2D eigenvalue weighted by Gasteiger charge is -2.34. The van der Waals surface area contributed by atoms with Crippen LogP contribution >= 0.6 is 0 Å². The van der Waals surface area contributed by atoms with E-state index in [0.717, 1.165) is 25.9 Å². The largest absolute Gasteiger partial charge is 0.448 e. The maximum Gasteiger partial charge on any atom is 0.294 e. The Kier molecular flexibility index (Phi) is 7.01. The number of sulfone groups is 1. The lowest BCUT2D eigenvalue weighted by Crippen LogP contribution is -2.49. The third-order valence-corrected chi connectivity index (χ3v) is 6.70. The first-order valence-corrected chi connectivity index (χ1v) is 9.67. The van der Waals surface area contributed by atoms with Crippen molar-refractivity contribution in [3.05, 3.63) is 12.7 Å². The number of carbonyl (C=O) groups is 1. The van der Waals surface area contributed by atoms with Crippen molar-refractivity contribution in [1.29, 1.82) is 0 Å². The average Bonchev–Trinajstić information content (AvgIpc) is 2.57. The summed E-state index contributed by atoms with van der Waals surface area (Å²) in [6.07, 6.45) is 3.55. The summed E-state index contributed by atoms with van der Waals surface area (Å²) in [6, 6.07) is 0. The fourth-order valence-electron chi connectivity index (χ4n) is 3.20. The van der Waals surface area contributed by atoms with Crippen molar-refractivity contribution >= 4 is 16.3 Å². The minimum absolute atomic E-state index is 0.239. The van der Waals surface area contributed by atoms with Gasteiger partial charge in [-0.1, -0.05) is 6.08 Å². The first-order valence-electron chi connectivity index (χ1n) is 8.06. The van der Waals surface area contributed by atoms with Crippen molar-refractivity contribution < 1.29 is 22.7 Å². The highest BCUT2D eigenvalue weighted by Gasteiger charge is 2.39. The molecule has 2 unspecified atom stereocenters. The van der Waals surface area contributed by atoms with Crippen LogP contribution in [0.15, 0.2) is 12.7 Å². The fraction of sp³-hybridized carbons (Fsp3) is 0.800. The van der Waals surface area contributed by atoms with Crippen LogP contribution in [-0.4, -0.2) is 70.0 Å². The van der Waals surface area contributed by atoms with E-state index >= 15 is 0 Å². The highest BCUT2D eigenvalue weighted by Crippen LogP contribution is 2.26. The van der Waals surface area contributed by atoms with E-state index in [0.29, 0.717) is 32.7 Å². The Labute approximate surface area is 137 Å². The highest BCUT2D eigenvalue weighted by molar-refractivity contribution is 7.92. The van der Waals surface area contributed by atoms with E-state index < -0.39 is 20.6 Å². The fourth-order valence-corrected chi connectivity index (χ4v) is 5.14. The van der Waals surface area contributed by atoms with Crippen LogP contribution in [0.2, 0.25) is 0 Å². The third kappa shape index (κ3) is 4.76. The molecular weight excluding hydrogens is 320 g/mol. The Hall–Kier alpha value is -0.960. The molecule has 2 atom stereocenters. The van der Waals surface area contributed by atoms with Gasteiger partial charge in [0.15, 0.2) is 0 Å². The number of ether oxygens (including phenoxy) is 2. The van der Waals surface area contributed by atoms with Crippen LogP contribution in [0.5, 0.6) is 0 Å². The van der Waals surface area contributed by atoms with Gasteiger partial charge in [-0.05, 0) is 31.8 Å². The number of nitrogens with zero attached hydrogens (tertiary/aromatic N) is 1. The van der Waals surface area contributed by atoms with Gasteiger partial charge in [0.2, 0.25) is 15.3 Å². The average molecular weight is 346 g/mol. The molecule has 0 bridgehead atoms. The molecule has 2 fully saturated rings. The zero-order chi connectivity index (χ0) is 16.7. The molecule has 0 aromatic heterocycles. The van der Waals surface area contributed by atoms with E-state index in [-0.39, 0.29) is 12.4 Å². The van der Waals surface area contributed by atoms with Crippen LogP contribution in [0.25, 0.3) is 0 Å². The van der Waals surface area contributed by atoms with E-state index in [1.54, 1.807) is 0 Å². The number of nitrogens with one attached hydrogen (secondary N) is 1. The molecule has 1 N–H and O–H groups in total. The molecule has 0 aromatic carbocycles. The molecule has 2 saturated heterocycles. The summed E-state index contributed by atoms with van der Waals surface area (Å²) < 4.78 is 36.2. The van der Waals surface area contributed by atoms with Crippen LogP contribution < -0.4 is 5.32 Å². The number of carbonyl (C=O) groups excluding carboxylic acids is 1. The van der Waals surface area contributed by atoms with Gasteiger partial charge >= 0.3 is 0 Å². The number of morpholine rings is 1. The van der Waals surface area contributed by atoms with Gasteiger partial charge in [0, 0.05) is 19.5 Å². The van der Waals surface area contributed by atoms with Crippen LogP contribution in [0, 0.1) is 5.92 Å². The molecule has 7 nitrogen and oxygen atoms in total. The van der Waals surface area contributed by atoms with Gasteiger partial charge < -0.3 is 14.8 Å². The van der Waals surface area contributed by atoms with E-state index in [1.165, 1.54) is 6.08 Å². The molecule has 0 spiro atoms. The van der Waals surface area contributed by atoms with Gasteiger partial charge in [0.25, 0.3) is 6.47 Å². The second-order valence-electron chi connectivity index (χ2n) is 5.95. The number of piperidine rings is 1. The lowest BCUT2D eigenvalue weighted by molar-refractivity contribution is -0.130. The molecule has 23 heavy (non-hydrogen) atoms. The molecule has 0 radical (unpaired) electrons. The number of hydrogen-bond acceptors (Lipinski definition) is 7. The summed E-state index contributed by atoms with van der Waals surface area (Å²) in [5.74, 6) is 0.242. The van der Waals surface area contributed by atoms with Gasteiger partial charge in [-0.3, -0.25) is 9.69 Å². The van der Waals surface area contributed by atoms with Gasteiger partial charge in [-0.2, -0.15) is 0 Å². The molecule has 2 aliphatic rings. The summed E-state index contributed by atoms with van der Waals surface area (Å²) in [5.41, 5.74) is -1.12. The molecular formula is C15H26N2O5S. The lowest BCUT2D eigenvalue weighted by atomic mass is 9.95. The normalized spacial score (nSPS) is 23.8. The maximum atomic E-state index is 13.0. The van der Waals surface area contributed by atoms with Crippen molar-refractivity contribution in [2.24, 2.45) is 5.92 Å². The summed E-state index contributed by atoms with van der Waals surface area (Å²) in [4.78, 5) is 12.6. The van der Waals surface area contributed by atoms with Crippen molar-refractivity contribution in [3.8, 4) is 0 Å². The van der Waals surface area contributed by atoms with Crippen molar-refractivity contribution in [2.75, 3.05) is 39.4 Å². The SMILES string of the molecule is C=CC(N1CCOCC1)S(=O)(=O)C(CC1CCNCC1)OC=O. The van der Waals surface area contributed by atoms with Gasteiger partial charge in [0.05, 0.1) is 13.2 Å². The Morgan fingerprint density at radius 2 is 1.96 bits per heavy atom. The molecule has 0 saturated carbocycles. The van der Waals surface area contributed by atoms with Crippen molar-refractivity contribution in [3.63, 3.8) is 0 Å². The molecule has 132 valence electrons. The van der Waals surface area contributed by atoms with E-state index in [2.05, 4.69) is 11.9 Å². The highest BCUT2D eigenvalue weighted by atomic mass is 32.2. The monoisotopic (exact) mass is 346 g/mol. The van der Waals surface area contributed by atoms with E-state index in [4.69, 9.17) is 9.47 Å². The molecule has 0 aromatic rings. The first-order chi connectivity index (χ1) is 11.1. The van der Waals surface area contributed by atoms with Gasteiger partial charge in [-0.15, -0.1) is 6.58 Å². The van der Waals surface area contributed by atoms with E-state index in [9.17, 15) is 13.2 Å². The second-order valence-corrected chi connectivity index (χ2v) is 8.14. The topological polar surface area (TPSA) is 84.9 Å². The third-order valence-electron chi connectivity index (χ3n) is 4.50. The zero-order valence-electron chi connectivity index (χ0n) is 13.4. The van der Waals surface area contributed by atoms with Crippen molar-refractivity contribution in [1.82, 2.24) is 10.2 Å². The minimum atomic E-state index is -3.70. The summed E-state index contributed by atoms with van der Waals surface area (Å²) in [5, 5.41) is 2.40. The van der Waals surface area contributed by atoms with Crippen LogP contribution in [0.1, 0.15) is 19.3 Å². The summed E-state index contributed by atoms with van der Waals surface area (Å²) in [7, 11) is -3.70. The van der Waals surface area contributed by atoms with Crippen molar-refractivity contribution in [2.45, 2.75) is 30.1 Å². The number of hydrogen-bond donors (Lipinski definition) is 1. The van der Waals surface area contributed by atoms with Gasteiger partial charge in [0.1, 0.15) is 5.37 Å². The van der Waals surface area contributed by atoms with Crippen LogP contribution in [-0.2, 0) is 24.1 Å². The standard InChI is InChI=1S/C15H26N2O5S/c1-2-14(17-7-9-21-10-8-17)23(19,20)15(22-12-18)11-13-3-5-16-6-4-13/h2,12-16H,1,3-11H2. The minimum Gasteiger partial charge on any atom is -0.448 e. The number of rotatable bonds is 8. The first kappa shape index (κ1) is 18.4. The molecule has 2 heterocycles. The molecule has 8 heteroatoms. The Balaban J connectivity index is 2.12. The smallest absolute Gasteiger partial charge is 0.294 e. The summed E-state index contributed by atoms with van der Waals surface area (Å²) >= 11 is 0.